The molecule has 0 saturated heterocycles. The molecule has 432 valence electrons. The van der Waals surface area contributed by atoms with Gasteiger partial charge in [-0.05, 0) is 48.5 Å². The van der Waals surface area contributed by atoms with Crippen molar-refractivity contribution in [1.82, 2.24) is 0 Å². The number of rotatable bonds is 0. The Morgan fingerprint density at radius 3 is 1.22 bits per heavy atom. The topological polar surface area (TPSA) is 485 Å². The average molecular weight is 1170 g/mol. The fourth-order valence-electron chi connectivity index (χ4n) is 11.1. The largest absolute Gasteiger partial charge is 0.507 e. The van der Waals surface area contributed by atoms with Gasteiger partial charge in [0.1, 0.15) is 90.9 Å². The maximum Gasteiger partial charge on any atom is 0.243 e. The third kappa shape index (κ3) is 7.66. The summed E-state index contributed by atoms with van der Waals surface area (Å²) in [7, 11) is 0. The van der Waals surface area contributed by atoms with Crippen LogP contribution in [0.3, 0.4) is 0 Å². The molecule has 26 heteroatoms. The molecule has 0 radical (unpaired) electrons. The van der Waals surface area contributed by atoms with Crippen molar-refractivity contribution < 1.29 is 120 Å². The zero-order valence-electron chi connectivity index (χ0n) is 42.8. The first-order chi connectivity index (χ1) is 40.6. The van der Waals surface area contributed by atoms with E-state index in [9.17, 15) is 116 Å². The number of aromatic hydroxyl groups is 17. The van der Waals surface area contributed by atoms with Crippen LogP contribution in [-0.4, -0.2) is 109 Å². The molecule has 0 amide bonds. The Morgan fingerprint density at radius 2 is 0.709 bits per heavy atom. The van der Waals surface area contributed by atoms with Gasteiger partial charge in [0.25, 0.3) is 0 Å². The Kier molecular flexibility index (Phi) is 11.7. The summed E-state index contributed by atoms with van der Waals surface area (Å²) in [6.45, 7) is 0. The highest BCUT2D eigenvalue weighted by Gasteiger charge is 2.48. The van der Waals surface area contributed by atoms with Gasteiger partial charge in [0.2, 0.25) is 5.79 Å². The van der Waals surface area contributed by atoms with E-state index in [4.69, 9.17) is 13.6 Å². The minimum Gasteiger partial charge on any atom is -0.507 e. The highest BCUT2D eigenvalue weighted by atomic mass is 16.6. The van der Waals surface area contributed by atoms with E-state index in [1.54, 1.807) is 0 Å². The van der Waals surface area contributed by atoms with E-state index >= 15 is 0 Å². The monoisotopic (exact) mass is 1170 g/mol. The number of ether oxygens (including phenoxy) is 1. The van der Waals surface area contributed by atoms with Crippen LogP contribution in [0.15, 0.2) is 103 Å². The number of Topliss-reactive ketones (excluding diaryl/α,β-unsaturated/α-hetero) is 3. The number of hydrogen-bond acceptors (Lipinski definition) is 26. The number of phenols is 17. The van der Waals surface area contributed by atoms with Crippen molar-refractivity contribution >= 4 is 39.3 Å². The smallest absolute Gasteiger partial charge is 0.243 e. The van der Waals surface area contributed by atoms with Crippen molar-refractivity contribution in [3.63, 3.8) is 0 Å². The molecule has 3 aliphatic heterocycles. The van der Waals surface area contributed by atoms with E-state index < -0.39 is 245 Å². The summed E-state index contributed by atoms with van der Waals surface area (Å²) in [4.78, 5) is 67.2. The molecule has 1 unspecified atom stereocenters. The normalized spacial score (nSPS) is 14.6. The van der Waals surface area contributed by atoms with Crippen LogP contribution in [0.1, 0.15) is 49.5 Å². The van der Waals surface area contributed by atoms with E-state index in [1.165, 1.54) is 6.07 Å². The lowest BCUT2D eigenvalue weighted by Crippen LogP contribution is -2.40. The Balaban J connectivity index is 0.000000168. The summed E-state index contributed by atoms with van der Waals surface area (Å²) in [5.74, 6) is -21.8. The molecule has 26 nitrogen and oxygen atoms in total. The van der Waals surface area contributed by atoms with Crippen molar-refractivity contribution in [2.75, 3.05) is 0 Å². The lowest BCUT2D eigenvalue weighted by molar-refractivity contribution is -0.146. The van der Waals surface area contributed by atoms with Crippen LogP contribution in [0.2, 0.25) is 0 Å². The van der Waals surface area contributed by atoms with Gasteiger partial charge in [-0.25, -0.2) is 0 Å². The highest BCUT2D eigenvalue weighted by Crippen LogP contribution is 2.60. The SMILES string of the molecule is O=C1CC(=O)c2c(O)cc(O)c(c2O)-c2c(ccc(O)c2O)-c2cc(=O)c3c(O)cc(O)c(c3o2)-c2c1ccc(O)c2O.O=C1CC2(O)Oc3c1c(O)cc(O)c3-c1c(ccc(O)c1O)-c1cc(=O)c3c(O)cc(O)c(c3o1)-c1c2ccc(O)c1O. The first-order valence-corrected chi connectivity index (χ1v) is 24.8. The molecule has 1 atom stereocenters. The first-order valence-electron chi connectivity index (χ1n) is 24.8. The van der Waals surface area contributed by atoms with E-state index in [0.29, 0.717) is 6.07 Å². The second-order valence-corrected chi connectivity index (χ2v) is 19.9. The predicted octanol–water partition coefficient (Wildman–Crippen LogP) is 7.48. The molecule has 0 fully saturated rings. The average Bonchev–Trinajstić information content (AvgIpc) is 0.746. The molecule has 86 heavy (non-hydrogen) atoms. The molecule has 10 aromatic rings. The van der Waals surface area contributed by atoms with Gasteiger partial charge in [0, 0.05) is 80.9 Å². The van der Waals surface area contributed by atoms with Gasteiger partial charge < -0.3 is 105 Å². The number of aliphatic hydroxyl groups is 1. The van der Waals surface area contributed by atoms with Gasteiger partial charge in [-0.2, -0.15) is 0 Å². The number of benzene rings is 8. The van der Waals surface area contributed by atoms with Crippen LogP contribution in [0, 0.1) is 0 Å². The lowest BCUT2D eigenvalue weighted by Gasteiger charge is -2.36. The van der Waals surface area contributed by atoms with Crippen molar-refractivity contribution in [3.05, 3.63) is 128 Å². The van der Waals surface area contributed by atoms with Crippen molar-refractivity contribution in [2.45, 2.75) is 18.6 Å². The van der Waals surface area contributed by atoms with Crippen molar-refractivity contribution in [3.8, 4) is 171 Å². The zero-order valence-corrected chi connectivity index (χ0v) is 42.8. The number of carbonyl (C=O) groups excluding carboxylic acids is 3. The maximum atomic E-state index is 13.5. The van der Waals surface area contributed by atoms with Crippen LogP contribution < -0.4 is 15.6 Å². The molecule has 3 aliphatic rings. The standard InChI is InChI=1S/2C30H18O13/c31-11-3-1-9-19-7-17(37)22-13(33)5-16(36)25(28(22)42-19)21-10(2-4-12(32)27(21)40)30(41)8-18(38)23-14(34)6-15(35)24(29(23)43-30)20(9)26(11)39;31-11-3-1-9-13(33)5-14(34)23-15(35)6-17(37)25(29(23)42)22-10(2-4-12(32)28(22)41)20-8-19(39)24-16(36)7-18(38)26(30(24)43-20)21(9)27(11)40/h1-7,31-36,39-41H,8H2;1-4,6-8,31-32,35-38,40-42H,5H2. The van der Waals surface area contributed by atoms with Crippen molar-refractivity contribution in [1.29, 1.82) is 0 Å². The number of ketones is 3. The van der Waals surface area contributed by atoms with Gasteiger partial charge >= 0.3 is 0 Å². The molecule has 8 bridgehead atoms. The third-order valence-corrected chi connectivity index (χ3v) is 14.8. The Hall–Kier alpha value is -12.5. The van der Waals surface area contributed by atoms with Gasteiger partial charge in [0.15, 0.2) is 85.4 Å². The van der Waals surface area contributed by atoms with Gasteiger partial charge in [0.05, 0.1) is 35.1 Å². The minimum atomic E-state index is -2.76. The quantitative estimate of drug-likeness (QED) is 0.0516. The summed E-state index contributed by atoms with van der Waals surface area (Å²) in [5.41, 5.74) is -10.2. The minimum absolute atomic E-state index is 0.197. The fourth-order valence-corrected chi connectivity index (χ4v) is 11.1. The summed E-state index contributed by atoms with van der Waals surface area (Å²) in [6, 6.07) is 12.9. The Labute approximate surface area is 474 Å². The van der Waals surface area contributed by atoms with Crippen LogP contribution in [-0.2, 0) is 5.79 Å². The summed E-state index contributed by atoms with van der Waals surface area (Å²) in [5, 5.41) is 194. The van der Waals surface area contributed by atoms with Crippen molar-refractivity contribution in [2.24, 2.45) is 0 Å². The molecule has 2 aromatic heterocycles. The van der Waals surface area contributed by atoms with Crippen LogP contribution >= 0.6 is 0 Å². The maximum absolute atomic E-state index is 13.5. The zero-order chi connectivity index (χ0) is 61.8. The highest BCUT2D eigenvalue weighted by molar-refractivity contribution is 6.20. The first kappa shape index (κ1) is 54.2. The summed E-state index contributed by atoms with van der Waals surface area (Å²) in [6.07, 6.45) is -2.01. The molecule has 0 saturated carbocycles. The van der Waals surface area contributed by atoms with Crippen LogP contribution in [0.5, 0.6) is 103 Å². The second kappa shape index (κ2) is 18.5. The third-order valence-electron chi connectivity index (χ3n) is 14.8. The molecule has 0 spiro atoms. The molecular weight excluding hydrogens is 1140 g/mol. The molecule has 8 aromatic carbocycles. The lowest BCUT2D eigenvalue weighted by atomic mass is 9.84. The fraction of sp³-hybridized carbons (Fsp3) is 0.0500. The summed E-state index contributed by atoms with van der Waals surface area (Å²) >= 11 is 0. The van der Waals surface area contributed by atoms with Gasteiger partial charge in [-0.3, -0.25) is 24.0 Å². The Morgan fingerprint density at radius 1 is 0.326 bits per heavy atom. The van der Waals surface area contributed by atoms with E-state index in [2.05, 4.69) is 0 Å². The number of phenolic OH excluding ortho intramolecular Hbond substituents is 17. The summed E-state index contributed by atoms with van der Waals surface area (Å²) < 4.78 is 17.9. The molecular formula is C60H36O26. The molecule has 18 N–H and O–H groups in total. The predicted molar refractivity (Wildman–Crippen MR) is 293 cm³/mol. The number of carbonyl (C=O) groups is 3. The molecule has 13 rings (SSSR count). The van der Waals surface area contributed by atoms with Gasteiger partial charge in [-0.15, -0.1) is 0 Å². The van der Waals surface area contributed by atoms with Crippen LogP contribution in [0.4, 0.5) is 0 Å². The molecule has 0 aliphatic carbocycles. The van der Waals surface area contributed by atoms with Crippen LogP contribution in [0.25, 0.3) is 89.1 Å². The molecule has 5 heterocycles. The van der Waals surface area contributed by atoms with Gasteiger partial charge in [-0.1, -0.05) is 0 Å². The van der Waals surface area contributed by atoms with E-state index in [-0.39, 0.29) is 16.9 Å². The van der Waals surface area contributed by atoms with E-state index in [1.807, 2.05) is 0 Å². The second-order valence-electron chi connectivity index (χ2n) is 19.9. The number of fused-ring (bicyclic) bond motifs is 16. The van der Waals surface area contributed by atoms with E-state index in [0.717, 1.165) is 72.8 Å². The Bertz CT molecular complexity index is 4950. The number of hydrogen-bond donors (Lipinski definition) is 18.